The molecule has 0 saturated carbocycles. The second-order valence-corrected chi connectivity index (χ2v) is 10.8. The summed E-state index contributed by atoms with van der Waals surface area (Å²) in [5, 5.41) is 0. The summed E-state index contributed by atoms with van der Waals surface area (Å²) in [6, 6.07) is 4.62. The summed E-state index contributed by atoms with van der Waals surface area (Å²) >= 11 is 1.78. The van der Waals surface area contributed by atoms with Gasteiger partial charge >= 0.3 is 0 Å². The third kappa shape index (κ3) is 5.06. The summed E-state index contributed by atoms with van der Waals surface area (Å²) in [6.45, 7) is 12.1. The number of hydrogen-bond acceptors (Lipinski definition) is 3. The molecule has 0 unspecified atom stereocenters. The minimum absolute atomic E-state index is 0.346. The van der Waals surface area contributed by atoms with E-state index in [4.69, 9.17) is 5.73 Å². The van der Waals surface area contributed by atoms with E-state index in [9.17, 15) is 4.79 Å². The number of ketones is 1. The Morgan fingerprint density at radius 2 is 1.90 bits per heavy atom. The number of hydrogen-bond donors (Lipinski definition) is 1. The summed E-state index contributed by atoms with van der Waals surface area (Å²) < 4.78 is 0. The molecule has 2 nitrogen and oxygen atoms in total. The quantitative estimate of drug-likeness (QED) is 0.472. The van der Waals surface area contributed by atoms with E-state index in [1.54, 1.807) is 11.3 Å². The molecule has 0 radical (unpaired) electrons. The zero-order valence-corrected chi connectivity index (χ0v) is 20.4. The molecule has 3 rings (SSSR count). The van der Waals surface area contributed by atoms with Gasteiger partial charge in [0.25, 0.3) is 0 Å². The van der Waals surface area contributed by atoms with Crippen LogP contribution in [-0.2, 0) is 38.5 Å². The fraction of sp³-hybridized carbons (Fsp3) is 0.593. The maximum atomic E-state index is 13.2. The first-order chi connectivity index (χ1) is 14.3. The van der Waals surface area contributed by atoms with E-state index < -0.39 is 0 Å². The molecule has 1 heterocycles. The fourth-order valence-electron chi connectivity index (χ4n) is 5.00. The topological polar surface area (TPSA) is 43.1 Å². The second-order valence-electron chi connectivity index (χ2n) is 9.73. The minimum Gasteiger partial charge on any atom is -0.330 e. The molecule has 0 aliphatic heterocycles. The van der Waals surface area contributed by atoms with E-state index in [1.165, 1.54) is 44.7 Å². The van der Waals surface area contributed by atoms with Gasteiger partial charge in [0.1, 0.15) is 0 Å². The first-order valence-corrected chi connectivity index (χ1v) is 12.6. The van der Waals surface area contributed by atoms with E-state index in [1.807, 2.05) is 0 Å². The molecule has 1 aliphatic rings. The number of thiophene rings is 1. The highest BCUT2D eigenvalue weighted by Crippen LogP contribution is 2.42. The van der Waals surface area contributed by atoms with E-state index >= 15 is 0 Å². The van der Waals surface area contributed by atoms with E-state index in [0.29, 0.717) is 17.6 Å². The zero-order valence-electron chi connectivity index (χ0n) is 19.6. The molecule has 0 atom stereocenters. The molecule has 0 bridgehead atoms. The molecule has 0 fully saturated rings. The van der Waals surface area contributed by atoms with Crippen molar-refractivity contribution in [3.05, 3.63) is 55.3 Å². The number of fused-ring (bicyclic) bond motifs is 1. The summed E-state index contributed by atoms with van der Waals surface area (Å²) in [5.41, 5.74) is 14.5. The number of benzene rings is 1. The van der Waals surface area contributed by atoms with Crippen LogP contribution >= 0.6 is 11.3 Å². The molecule has 1 aromatic heterocycles. The van der Waals surface area contributed by atoms with Crippen LogP contribution in [0.15, 0.2) is 12.1 Å². The number of nitrogens with two attached hydrogens (primary N) is 1. The fourth-order valence-corrected chi connectivity index (χ4v) is 6.27. The Kier molecular flexibility index (Phi) is 7.57. The molecule has 30 heavy (non-hydrogen) atoms. The van der Waals surface area contributed by atoms with Crippen molar-refractivity contribution in [2.75, 3.05) is 6.54 Å². The number of aryl methyl sites for hydroxylation is 4. The van der Waals surface area contributed by atoms with Gasteiger partial charge in [-0.1, -0.05) is 39.8 Å². The van der Waals surface area contributed by atoms with E-state index in [2.05, 4.69) is 46.8 Å². The van der Waals surface area contributed by atoms with Gasteiger partial charge in [-0.25, -0.2) is 0 Å². The maximum absolute atomic E-state index is 13.2. The second kappa shape index (κ2) is 9.78. The van der Waals surface area contributed by atoms with E-state index in [-0.39, 0.29) is 0 Å². The van der Waals surface area contributed by atoms with Gasteiger partial charge in [0.2, 0.25) is 0 Å². The molecule has 0 saturated heterocycles. The lowest BCUT2D eigenvalue weighted by molar-refractivity contribution is 0.0985. The SMILES string of the molecule is CCc1cc(CCC(=O)c2sc(CC)c3c2CCC(C)(C)C3)cc(C)c1CCCN. The number of carbonyl (C=O) groups is 1. The average molecular weight is 426 g/mol. The van der Waals surface area contributed by atoms with Crippen molar-refractivity contribution in [2.24, 2.45) is 11.1 Å². The van der Waals surface area contributed by atoms with Crippen molar-refractivity contribution in [2.45, 2.75) is 92.4 Å². The van der Waals surface area contributed by atoms with Gasteiger partial charge in [0.15, 0.2) is 5.78 Å². The Morgan fingerprint density at radius 3 is 2.57 bits per heavy atom. The summed E-state index contributed by atoms with van der Waals surface area (Å²) in [7, 11) is 0. The summed E-state index contributed by atoms with van der Waals surface area (Å²) in [4.78, 5) is 15.7. The molecule has 2 N–H and O–H groups in total. The van der Waals surface area contributed by atoms with Gasteiger partial charge in [0, 0.05) is 11.3 Å². The van der Waals surface area contributed by atoms with Crippen LogP contribution in [0.3, 0.4) is 0 Å². The first kappa shape index (κ1) is 23.2. The van der Waals surface area contributed by atoms with Crippen molar-refractivity contribution in [1.82, 2.24) is 0 Å². The minimum atomic E-state index is 0.346. The molecule has 0 amide bonds. The van der Waals surface area contributed by atoms with Crippen LogP contribution in [0.4, 0.5) is 0 Å². The third-order valence-corrected chi connectivity index (χ3v) is 8.22. The summed E-state index contributed by atoms with van der Waals surface area (Å²) in [6.07, 6.45) is 8.99. The molecule has 164 valence electrons. The molecule has 2 aromatic rings. The molecule has 3 heteroatoms. The highest BCUT2D eigenvalue weighted by molar-refractivity contribution is 7.14. The van der Waals surface area contributed by atoms with Crippen LogP contribution in [0, 0.1) is 12.3 Å². The monoisotopic (exact) mass is 425 g/mol. The lowest BCUT2D eigenvalue weighted by atomic mass is 9.74. The van der Waals surface area contributed by atoms with Gasteiger partial charge in [-0.3, -0.25) is 4.79 Å². The van der Waals surface area contributed by atoms with E-state index in [0.717, 1.165) is 56.4 Å². The van der Waals surface area contributed by atoms with Gasteiger partial charge in [0.05, 0.1) is 4.88 Å². The molecular weight excluding hydrogens is 386 g/mol. The normalized spacial score (nSPS) is 15.3. The lowest BCUT2D eigenvalue weighted by Gasteiger charge is -2.30. The number of carbonyl (C=O) groups excluding carboxylic acids is 1. The average Bonchev–Trinajstić information content (AvgIpc) is 3.07. The van der Waals surface area contributed by atoms with Crippen LogP contribution in [0.5, 0.6) is 0 Å². The Morgan fingerprint density at radius 1 is 1.13 bits per heavy atom. The standard InChI is InChI=1S/C27H39NOS/c1-6-20-16-19(15-18(3)21(20)9-8-14-28)10-11-24(29)26-22-12-13-27(4,5)17-23(22)25(7-2)30-26/h15-16H,6-14,17,28H2,1-5H3. The van der Waals surface area contributed by atoms with Crippen molar-refractivity contribution in [3.8, 4) is 0 Å². The van der Waals surface area contributed by atoms with Crippen molar-refractivity contribution in [1.29, 1.82) is 0 Å². The first-order valence-electron chi connectivity index (χ1n) is 11.8. The highest BCUT2D eigenvalue weighted by Gasteiger charge is 2.31. The smallest absolute Gasteiger partial charge is 0.173 e. The highest BCUT2D eigenvalue weighted by atomic mass is 32.1. The lowest BCUT2D eigenvalue weighted by Crippen LogP contribution is -2.22. The van der Waals surface area contributed by atoms with Gasteiger partial charge in [-0.2, -0.15) is 0 Å². The van der Waals surface area contributed by atoms with Gasteiger partial charge in [-0.15, -0.1) is 11.3 Å². The predicted octanol–water partition coefficient (Wildman–Crippen LogP) is 6.40. The summed E-state index contributed by atoms with van der Waals surface area (Å²) in [5.74, 6) is 0.346. The Labute approximate surface area is 187 Å². The Bertz CT molecular complexity index is 906. The van der Waals surface area contributed by atoms with Crippen LogP contribution in [-0.4, -0.2) is 12.3 Å². The van der Waals surface area contributed by atoms with Crippen LogP contribution < -0.4 is 5.73 Å². The van der Waals surface area contributed by atoms with Crippen molar-refractivity contribution < 1.29 is 4.79 Å². The largest absolute Gasteiger partial charge is 0.330 e. The van der Waals surface area contributed by atoms with Crippen molar-refractivity contribution >= 4 is 17.1 Å². The van der Waals surface area contributed by atoms with Gasteiger partial charge in [-0.05, 0) is 104 Å². The maximum Gasteiger partial charge on any atom is 0.173 e. The third-order valence-electron chi connectivity index (χ3n) is 6.76. The van der Waals surface area contributed by atoms with Crippen LogP contribution in [0.1, 0.15) is 94.9 Å². The zero-order chi connectivity index (χ0) is 21.9. The number of Topliss-reactive ketones (excluding diaryl/α,β-unsaturated/α-hetero) is 1. The Hall–Kier alpha value is -1.45. The van der Waals surface area contributed by atoms with Crippen LogP contribution in [0.25, 0.3) is 0 Å². The van der Waals surface area contributed by atoms with Gasteiger partial charge < -0.3 is 5.73 Å². The van der Waals surface area contributed by atoms with Crippen molar-refractivity contribution in [3.63, 3.8) is 0 Å². The predicted molar refractivity (Wildman–Crippen MR) is 130 cm³/mol. The van der Waals surface area contributed by atoms with Crippen LogP contribution in [0.2, 0.25) is 0 Å². The Balaban J connectivity index is 1.77. The molecule has 1 aromatic carbocycles. The molecule has 0 spiro atoms. The molecular formula is C27H39NOS. The molecule has 1 aliphatic carbocycles. The number of rotatable bonds is 9.